The number of halogens is 3. The zero-order valence-corrected chi connectivity index (χ0v) is 20.9. The lowest BCUT2D eigenvalue weighted by Crippen LogP contribution is -2.12. The largest absolute Gasteiger partial charge is 0.376 e. The number of hydrogen-bond donors (Lipinski definition) is 2. The predicted molar refractivity (Wildman–Crippen MR) is 132 cm³/mol. The van der Waals surface area contributed by atoms with E-state index in [1.807, 2.05) is 6.07 Å². The fraction of sp³-hybridized carbons (Fsp3) is 0.167. The van der Waals surface area contributed by atoms with Crippen LogP contribution in [-0.4, -0.2) is 27.0 Å². The Balaban J connectivity index is 1.83. The standard InChI is InChI=1S/C24H19ClF2N5O3P/c1-12(16-8-14(10-28)4-6-17(16)26)31-24-21(25)13(2)30-19-9-18(27)22(32-23(19)24)15-5-7-20(29-11-15)36(33,34)35-3/h4-9,11-12H,1-3H3,(H,30,31)(H,33,34)/t12-/m1/s1. The quantitative estimate of drug-likeness (QED) is 0.317. The van der Waals surface area contributed by atoms with Gasteiger partial charge in [0.05, 0.1) is 39.6 Å². The summed E-state index contributed by atoms with van der Waals surface area (Å²) in [7, 11) is -3.00. The lowest BCUT2D eigenvalue weighted by atomic mass is 10.0. The minimum absolute atomic E-state index is 0.0955. The third kappa shape index (κ3) is 4.79. The van der Waals surface area contributed by atoms with Gasteiger partial charge in [0.25, 0.3) is 0 Å². The molecule has 3 heterocycles. The van der Waals surface area contributed by atoms with E-state index in [-0.39, 0.29) is 38.3 Å². The second-order valence-electron chi connectivity index (χ2n) is 7.89. The fourth-order valence-corrected chi connectivity index (χ4v) is 4.46. The highest BCUT2D eigenvalue weighted by molar-refractivity contribution is 7.60. The van der Waals surface area contributed by atoms with Crippen LogP contribution in [0.5, 0.6) is 0 Å². The van der Waals surface area contributed by atoms with Crippen LogP contribution in [0.15, 0.2) is 42.6 Å². The number of nitrogens with one attached hydrogen (secondary N) is 1. The number of nitrogens with zero attached hydrogens (tertiary/aromatic N) is 4. The van der Waals surface area contributed by atoms with Crippen molar-refractivity contribution in [2.75, 3.05) is 12.4 Å². The molecule has 36 heavy (non-hydrogen) atoms. The Bertz CT molecular complexity index is 1580. The molecule has 0 aliphatic rings. The van der Waals surface area contributed by atoms with Crippen molar-refractivity contribution in [3.8, 4) is 17.3 Å². The molecule has 1 aromatic carbocycles. The van der Waals surface area contributed by atoms with E-state index >= 15 is 4.39 Å². The summed E-state index contributed by atoms with van der Waals surface area (Å²) >= 11 is 6.54. The van der Waals surface area contributed by atoms with Gasteiger partial charge in [0, 0.05) is 30.5 Å². The van der Waals surface area contributed by atoms with Gasteiger partial charge in [-0.05, 0) is 44.2 Å². The number of anilines is 1. The third-order valence-corrected chi connectivity index (χ3v) is 7.33. The molecule has 0 amide bonds. The summed E-state index contributed by atoms with van der Waals surface area (Å²) in [6.45, 7) is 3.33. The van der Waals surface area contributed by atoms with Gasteiger partial charge in [0.1, 0.15) is 17.0 Å². The fourth-order valence-electron chi connectivity index (χ4n) is 3.62. The molecule has 0 aliphatic carbocycles. The van der Waals surface area contributed by atoms with Crippen LogP contribution >= 0.6 is 19.2 Å². The third-order valence-electron chi connectivity index (χ3n) is 5.53. The molecule has 1 unspecified atom stereocenters. The van der Waals surface area contributed by atoms with Crippen molar-refractivity contribution in [2.24, 2.45) is 0 Å². The summed E-state index contributed by atoms with van der Waals surface area (Å²) in [6.07, 6.45) is 1.20. The second-order valence-corrected chi connectivity index (χ2v) is 10.1. The molecule has 12 heteroatoms. The van der Waals surface area contributed by atoms with Crippen LogP contribution in [0.2, 0.25) is 5.02 Å². The molecule has 0 radical (unpaired) electrons. The van der Waals surface area contributed by atoms with Gasteiger partial charge in [-0.25, -0.2) is 23.7 Å². The molecule has 3 aromatic heterocycles. The Kier molecular flexibility index (Phi) is 7.03. The van der Waals surface area contributed by atoms with E-state index in [0.717, 1.165) is 7.11 Å². The number of pyridine rings is 3. The van der Waals surface area contributed by atoms with Crippen LogP contribution in [-0.2, 0) is 9.09 Å². The molecule has 184 valence electrons. The summed E-state index contributed by atoms with van der Waals surface area (Å²) in [6, 6.07) is 9.19. The van der Waals surface area contributed by atoms with Crippen LogP contribution in [0, 0.1) is 29.9 Å². The number of rotatable bonds is 6. The molecule has 4 rings (SSSR count). The minimum atomic E-state index is -4.08. The highest BCUT2D eigenvalue weighted by atomic mass is 35.5. The van der Waals surface area contributed by atoms with Crippen molar-refractivity contribution >= 4 is 41.4 Å². The van der Waals surface area contributed by atoms with Crippen LogP contribution in [0.4, 0.5) is 14.5 Å². The first-order chi connectivity index (χ1) is 17.1. The second kappa shape index (κ2) is 9.88. The van der Waals surface area contributed by atoms with Crippen LogP contribution < -0.4 is 10.8 Å². The van der Waals surface area contributed by atoms with Gasteiger partial charge in [0.2, 0.25) is 0 Å². The van der Waals surface area contributed by atoms with E-state index in [9.17, 15) is 19.1 Å². The molecule has 8 nitrogen and oxygen atoms in total. The maximum atomic E-state index is 15.0. The van der Waals surface area contributed by atoms with Crippen molar-refractivity contribution in [3.05, 3.63) is 76.1 Å². The zero-order valence-electron chi connectivity index (χ0n) is 19.3. The number of fused-ring (bicyclic) bond motifs is 1. The predicted octanol–water partition coefficient (Wildman–Crippen LogP) is 5.43. The summed E-state index contributed by atoms with van der Waals surface area (Å²) in [5.41, 5.74) is 1.61. The van der Waals surface area contributed by atoms with Crippen LogP contribution in [0.25, 0.3) is 22.3 Å². The first-order valence-electron chi connectivity index (χ1n) is 10.5. The van der Waals surface area contributed by atoms with E-state index in [1.54, 1.807) is 13.8 Å². The molecule has 0 spiro atoms. The van der Waals surface area contributed by atoms with Gasteiger partial charge in [-0.1, -0.05) is 11.6 Å². The normalized spacial score (nSPS) is 13.7. The summed E-state index contributed by atoms with van der Waals surface area (Å²) in [5, 5.41) is 12.5. The smallest absolute Gasteiger partial charge is 0.375 e. The Morgan fingerprint density at radius 3 is 2.58 bits per heavy atom. The van der Waals surface area contributed by atoms with Crippen LogP contribution in [0.3, 0.4) is 0 Å². The zero-order chi connectivity index (χ0) is 26.2. The minimum Gasteiger partial charge on any atom is -0.375 e. The van der Waals surface area contributed by atoms with Gasteiger partial charge < -0.3 is 14.7 Å². The average molecular weight is 530 g/mol. The molecule has 0 saturated heterocycles. The first-order valence-corrected chi connectivity index (χ1v) is 12.5. The average Bonchev–Trinajstić information content (AvgIpc) is 2.86. The lowest BCUT2D eigenvalue weighted by molar-refractivity contribution is 0.327. The Hall–Kier alpha value is -3.48. The monoisotopic (exact) mass is 529 g/mol. The molecule has 2 N–H and O–H groups in total. The van der Waals surface area contributed by atoms with E-state index in [2.05, 4.69) is 24.8 Å². The van der Waals surface area contributed by atoms with Gasteiger partial charge in [-0.15, -0.1) is 0 Å². The number of aromatic nitrogens is 3. The molecule has 4 aromatic rings. The molecule has 0 aliphatic heterocycles. The number of nitriles is 1. The Morgan fingerprint density at radius 1 is 1.19 bits per heavy atom. The molecule has 2 atom stereocenters. The highest BCUT2D eigenvalue weighted by Crippen LogP contribution is 2.39. The number of aryl methyl sites for hydroxylation is 1. The van der Waals surface area contributed by atoms with Crippen molar-refractivity contribution in [1.29, 1.82) is 5.26 Å². The van der Waals surface area contributed by atoms with Gasteiger partial charge >= 0.3 is 7.60 Å². The van der Waals surface area contributed by atoms with E-state index < -0.39 is 25.3 Å². The van der Waals surface area contributed by atoms with Gasteiger partial charge in [-0.2, -0.15) is 5.26 Å². The molecule has 0 saturated carbocycles. The Morgan fingerprint density at radius 2 is 1.94 bits per heavy atom. The van der Waals surface area contributed by atoms with Gasteiger partial charge in [0.15, 0.2) is 11.3 Å². The highest BCUT2D eigenvalue weighted by Gasteiger charge is 2.24. The summed E-state index contributed by atoms with van der Waals surface area (Å²) in [4.78, 5) is 22.4. The first kappa shape index (κ1) is 25.6. The van der Waals surface area contributed by atoms with E-state index in [4.69, 9.17) is 11.6 Å². The van der Waals surface area contributed by atoms with Gasteiger partial charge in [-0.3, -0.25) is 4.57 Å². The van der Waals surface area contributed by atoms with E-state index in [0.29, 0.717) is 16.9 Å². The van der Waals surface area contributed by atoms with Crippen molar-refractivity contribution < 1.29 is 22.8 Å². The maximum absolute atomic E-state index is 15.0. The molecule has 0 bridgehead atoms. The number of benzene rings is 1. The molecular weight excluding hydrogens is 511 g/mol. The molecular formula is C24H19ClF2N5O3P. The van der Waals surface area contributed by atoms with Crippen molar-refractivity contribution in [3.63, 3.8) is 0 Å². The maximum Gasteiger partial charge on any atom is 0.376 e. The van der Waals surface area contributed by atoms with Crippen molar-refractivity contribution in [2.45, 2.75) is 19.9 Å². The molecule has 0 fully saturated rings. The topological polar surface area (TPSA) is 121 Å². The van der Waals surface area contributed by atoms with Crippen molar-refractivity contribution in [1.82, 2.24) is 15.0 Å². The number of hydrogen-bond acceptors (Lipinski definition) is 7. The Labute approximate surface area is 210 Å². The summed E-state index contributed by atoms with van der Waals surface area (Å²) in [5.74, 6) is -1.21. The summed E-state index contributed by atoms with van der Waals surface area (Å²) < 4.78 is 46.1. The SMILES string of the molecule is COP(=O)(O)c1ccc(-c2nc3c(N[C@H](C)c4cc(C#N)ccc4F)c(Cl)c(C)nc3cc2F)cn1. The van der Waals surface area contributed by atoms with E-state index in [1.165, 1.54) is 42.6 Å². The van der Waals surface area contributed by atoms with Crippen LogP contribution in [0.1, 0.15) is 29.8 Å². The lowest BCUT2D eigenvalue weighted by Gasteiger charge is -2.20.